The Labute approximate surface area is 151 Å². The van der Waals surface area contributed by atoms with Gasteiger partial charge in [0.15, 0.2) is 0 Å². The Morgan fingerprint density at radius 2 is 1.74 bits per heavy atom. The molecule has 1 fully saturated rings. The van der Waals surface area contributed by atoms with Crippen LogP contribution in [0.2, 0.25) is 13.1 Å². The van der Waals surface area contributed by atoms with Gasteiger partial charge >= 0.3 is 25.8 Å². The standard InChI is InChI=1S/C6H11NO.C5H5.C2H7Si.2ClH.Hf/c7-6(8)5-3-1-2-4-5;1-2-4-5-3-1;1-3-2;;;/h5H,1-4H2,(H2,7,8);1-3H,4H2;3H,1-2H3;2*1H;/q;-1;;;;+4/p-3. The van der Waals surface area contributed by atoms with Gasteiger partial charge in [-0.05, 0) is 12.8 Å². The van der Waals surface area contributed by atoms with Crippen molar-refractivity contribution in [2.45, 2.75) is 45.2 Å². The molecular formula is C13H22Cl2HfNOSi. The molecule has 1 amide bonds. The van der Waals surface area contributed by atoms with Crippen LogP contribution in [0, 0.1) is 12.0 Å². The molecule has 107 valence electrons. The predicted molar refractivity (Wildman–Crippen MR) is 71.7 cm³/mol. The fourth-order valence-corrected chi connectivity index (χ4v) is 1.53. The number of rotatable bonds is 1. The Morgan fingerprint density at radius 1 is 1.26 bits per heavy atom. The summed E-state index contributed by atoms with van der Waals surface area (Å²) in [5.74, 6) is -0.266. The van der Waals surface area contributed by atoms with Gasteiger partial charge in [0.1, 0.15) is 0 Å². The summed E-state index contributed by atoms with van der Waals surface area (Å²) < 4.78 is 0. The first kappa shape index (κ1) is 27.9. The predicted octanol–water partition coefficient (Wildman–Crippen LogP) is -2.41. The number of nitrogens with one attached hydrogen (secondary N) is 1. The van der Waals surface area contributed by atoms with Gasteiger partial charge in [0.05, 0.1) is 5.91 Å². The Bertz CT molecular complexity index is 235. The van der Waals surface area contributed by atoms with Crippen LogP contribution in [0.1, 0.15) is 32.1 Å². The van der Waals surface area contributed by atoms with Gasteiger partial charge in [0.25, 0.3) is 0 Å². The van der Waals surface area contributed by atoms with E-state index in [4.69, 9.17) is 5.73 Å². The van der Waals surface area contributed by atoms with Crippen molar-refractivity contribution in [1.82, 2.24) is 0 Å². The Kier molecular flexibility index (Phi) is 30.7. The quantitative estimate of drug-likeness (QED) is 0.301. The van der Waals surface area contributed by atoms with E-state index in [-0.39, 0.29) is 62.5 Å². The van der Waals surface area contributed by atoms with Crippen molar-refractivity contribution in [2.24, 2.45) is 5.92 Å². The van der Waals surface area contributed by atoms with E-state index in [1.165, 1.54) is 0 Å². The minimum absolute atomic E-state index is 0. The summed E-state index contributed by atoms with van der Waals surface area (Å²) >= 11 is 0. The number of allylic oxidation sites excluding steroid dienone is 4. The maximum Gasteiger partial charge on any atom is 4.00 e. The first-order chi connectivity index (χ1) is 7.72. The fraction of sp³-hybridized carbons (Fsp3) is 0.615. The van der Waals surface area contributed by atoms with E-state index in [0.29, 0.717) is 0 Å². The molecule has 0 heterocycles. The molecule has 19 heavy (non-hydrogen) atoms. The zero-order chi connectivity index (χ0) is 12.2. The third-order valence-electron chi connectivity index (χ3n) is 2.31. The second-order valence-electron chi connectivity index (χ2n) is 3.93. The summed E-state index contributed by atoms with van der Waals surface area (Å²) in [6.45, 7) is 4.42. The van der Waals surface area contributed by atoms with E-state index in [1.54, 1.807) is 0 Å². The van der Waals surface area contributed by atoms with Gasteiger partial charge in [-0.2, -0.15) is 6.08 Å². The van der Waals surface area contributed by atoms with Crippen molar-refractivity contribution in [3.05, 3.63) is 30.0 Å². The van der Waals surface area contributed by atoms with Crippen molar-refractivity contribution in [1.29, 1.82) is 0 Å². The van der Waals surface area contributed by atoms with Crippen molar-refractivity contribution in [3.8, 4) is 0 Å². The van der Waals surface area contributed by atoms with Crippen LogP contribution in [-0.2, 0) is 30.6 Å². The monoisotopic (exact) mass is 486 g/mol. The van der Waals surface area contributed by atoms with Crippen LogP contribution in [0.4, 0.5) is 0 Å². The molecule has 1 N–H and O–H groups in total. The Morgan fingerprint density at radius 3 is 1.89 bits per heavy atom. The van der Waals surface area contributed by atoms with Crippen molar-refractivity contribution >= 4 is 15.4 Å². The maximum absolute atomic E-state index is 10.3. The van der Waals surface area contributed by atoms with Crippen molar-refractivity contribution in [2.75, 3.05) is 0 Å². The van der Waals surface area contributed by atoms with E-state index in [9.17, 15) is 4.79 Å². The van der Waals surface area contributed by atoms with Gasteiger partial charge in [0, 0.05) is 15.4 Å². The Balaban J connectivity index is -0.0000000907. The van der Waals surface area contributed by atoms with E-state index in [2.05, 4.69) is 25.2 Å². The summed E-state index contributed by atoms with van der Waals surface area (Å²) in [5, 5.41) is 0. The average molecular weight is 486 g/mol. The molecule has 0 aliphatic heterocycles. The second kappa shape index (κ2) is 20.9. The summed E-state index contributed by atoms with van der Waals surface area (Å²) in [5.41, 5.74) is 6.74. The molecule has 2 aliphatic rings. The number of carbonyl (C=O) groups excluding carboxylic acids is 1. The Hall–Kier alpha value is 0.617. The molecule has 1 saturated carbocycles. The van der Waals surface area contributed by atoms with Crippen LogP contribution in [0.25, 0.3) is 5.73 Å². The van der Waals surface area contributed by atoms with Crippen molar-refractivity contribution < 1.29 is 55.5 Å². The van der Waals surface area contributed by atoms with Gasteiger partial charge in [-0.1, -0.05) is 25.9 Å². The first-order valence-corrected chi connectivity index (χ1v) is 8.24. The van der Waals surface area contributed by atoms with E-state index >= 15 is 0 Å². The number of hydrogen-bond donors (Lipinski definition) is 0. The van der Waals surface area contributed by atoms with E-state index in [1.807, 2.05) is 12.2 Å². The van der Waals surface area contributed by atoms with E-state index in [0.717, 1.165) is 41.6 Å². The maximum atomic E-state index is 10.3. The molecule has 2 aliphatic carbocycles. The molecular weight excluding hydrogens is 464 g/mol. The third-order valence-corrected chi connectivity index (χ3v) is 2.31. The molecule has 6 heteroatoms. The van der Waals surface area contributed by atoms with Crippen LogP contribution in [-0.4, -0.2) is 15.4 Å². The van der Waals surface area contributed by atoms with Crippen LogP contribution in [0.15, 0.2) is 18.2 Å². The molecule has 0 atom stereocenters. The zero-order valence-corrected chi connectivity index (χ0v) is 17.8. The molecule has 0 aromatic rings. The van der Waals surface area contributed by atoms with Gasteiger partial charge in [-0.25, -0.2) is 12.2 Å². The third kappa shape index (κ3) is 18.6. The van der Waals surface area contributed by atoms with E-state index < -0.39 is 0 Å². The number of hydrogen-bond acceptors (Lipinski definition) is 1. The zero-order valence-electron chi connectivity index (χ0n) is 11.6. The molecule has 0 unspecified atom stereocenters. The van der Waals surface area contributed by atoms with Crippen LogP contribution in [0.3, 0.4) is 0 Å². The topological polar surface area (TPSA) is 40.9 Å². The molecule has 1 radical (unpaired) electrons. The minimum Gasteiger partial charge on any atom is -1.00 e. The molecule has 0 saturated heterocycles. The first-order valence-electron chi connectivity index (χ1n) is 5.93. The minimum atomic E-state index is -0.359. The van der Waals surface area contributed by atoms with Crippen LogP contribution >= 0.6 is 0 Å². The summed E-state index contributed by atoms with van der Waals surface area (Å²) in [6.07, 6.45) is 14.2. The van der Waals surface area contributed by atoms with Crippen molar-refractivity contribution in [3.63, 3.8) is 0 Å². The van der Waals surface area contributed by atoms with Gasteiger partial charge in [-0.3, -0.25) is 6.08 Å². The average Bonchev–Trinajstić information content (AvgIpc) is 2.96. The number of halogens is 2. The summed E-state index contributed by atoms with van der Waals surface area (Å²) in [4.78, 5) is 10.3. The normalized spacial score (nSPS) is 14.6. The molecule has 0 bridgehead atoms. The van der Waals surface area contributed by atoms with Gasteiger partial charge < -0.3 is 35.3 Å². The fourth-order valence-electron chi connectivity index (χ4n) is 1.53. The van der Waals surface area contributed by atoms with Gasteiger partial charge in [-0.15, -0.1) is 6.42 Å². The number of amides is 1. The van der Waals surface area contributed by atoms with Gasteiger partial charge in [0.2, 0.25) is 0 Å². The SMILES string of the molecule is C[SiH]C.[C-]1=CC=CC1.[Cl-].[Cl-].[Hf+4].[NH-]C(=O)C1CCCC1. The molecule has 0 aromatic heterocycles. The largest absolute Gasteiger partial charge is 4.00 e. The smallest absolute Gasteiger partial charge is 1.00 e. The molecule has 2 nitrogen and oxygen atoms in total. The number of carbonyl (C=O) groups is 1. The molecule has 0 spiro atoms. The summed E-state index contributed by atoms with van der Waals surface area (Å²) in [7, 11) is 0.750. The van der Waals surface area contributed by atoms with Crippen LogP contribution in [0.5, 0.6) is 0 Å². The molecule has 2 rings (SSSR count). The van der Waals surface area contributed by atoms with Crippen LogP contribution < -0.4 is 24.8 Å². The summed E-state index contributed by atoms with van der Waals surface area (Å²) in [6, 6.07) is 0. The molecule has 0 aromatic carbocycles. The second-order valence-corrected chi connectivity index (χ2v) is 5.08.